The van der Waals surface area contributed by atoms with Gasteiger partial charge >= 0.3 is 5.97 Å². The SMILES string of the molecule is CC(C)C(c1ccccc1)[C@H](COCC(=O)NO)C(=O)NCC(=O)OC1CCCC1. The highest BCUT2D eigenvalue weighted by Crippen LogP contribution is 2.32. The van der Waals surface area contributed by atoms with Gasteiger partial charge in [0.25, 0.3) is 5.91 Å². The van der Waals surface area contributed by atoms with E-state index in [0.717, 1.165) is 31.2 Å². The third kappa shape index (κ3) is 7.42. The van der Waals surface area contributed by atoms with Crippen molar-refractivity contribution < 1.29 is 29.1 Å². The average molecular weight is 421 g/mol. The monoisotopic (exact) mass is 420 g/mol. The van der Waals surface area contributed by atoms with Crippen LogP contribution in [0.4, 0.5) is 0 Å². The van der Waals surface area contributed by atoms with E-state index in [-0.39, 0.29) is 43.6 Å². The van der Waals surface area contributed by atoms with Crippen LogP contribution < -0.4 is 10.8 Å². The van der Waals surface area contributed by atoms with Gasteiger partial charge in [-0.1, -0.05) is 44.2 Å². The van der Waals surface area contributed by atoms with Gasteiger partial charge < -0.3 is 14.8 Å². The zero-order valence-electron chi connectivity index (χ0n) is 17.6. The molecule has 0 aliphatic heterocycles. The van der Waals surface area contributed by atoms with Crippen molar-refractivity contribution in [2.24, 2.45) is 11.8 Å². The molecule has 2 atom stereocenters. The molecule has 0 spiro atoms. The summed E-state index contributed by atoms with van der Waals surface area (Å²) in [6.45, 7) is 3.40. The van der Waals surface area contributed by atoms with Gasteiger partial charge in [-0.3, -0.25) is 19.6 Å². The van der Waals surface area contributed by atoms with Crippen LogP contribution in [-0.2, 0) is 23.9 Å². The van der Waals surface area contributed by atoms with E-state index in [1.165, 1.54) is 5.48 Å². The molecule has 1 aliphatic carbocycles. The van der Waals surface area contributed by atoms with Crippen molar-refractivity contribution in [3.63, 3.8) is 0 Å². The number of carbonyl (C=O) groups is 3. The molecule has 1 aliphatic rings. The van der Waals surface area contributed by atoms with Crippen molar-refractivity contribution in [3.8, 4) is 0 Å². The number of benzene rings is 1. The van der Waals surface area contributed by atoms with Crippen LogP contribution in [0.2, 0.25) is 0 Å². The number of ether oxygens (including phenoxy) is 2. The predicted molar refractivity (Wildman–Crippen MR) is 110 cm³/mol. The fourth-order valence-corrected chi connectivity index (χ4v) is 3.93. The van der Waals surface area contributed by atoms with Crippen molar-refractivity contribution >= 4 is 17.8 Å². The minimum Gasteiger partial charge on any atom is -0.461 e. The number of hydroxylamine groups is 1. The van der Waals surface area contributed by atoms with Crippen molar-refractivity contribution in [2.45, 2.75) is 51.6 Å². The molecule has 3 N–H and O–H groups in total. The van der Waals surface area contributed by atoms with Crippen LogP contribution in [0.1, 0.15) is 51.0 Å². The van der Waals surface area contributed by atoms with Crippen LogP contribution in [-0.4, -0.2) is 48.9 Å². The van der Waals surface area contributed by atoms with Gasteiger partial charge in [0.1, 0.15) is 19.3 Å². The van der Waals surface area contributed by atoms with Gasteiger partial charge in [0, 0.05) is 0 Å². The van der Waals surface area contributed by atoms with Gasteiger partial charge in [0.15, 0.2) is 0 Å². The highest BCUT2D eigenvalue weighted by molar-refractivity contribution is 5.84. The fourth-order valence-electron chi connectivity index (χ4n) is 3.93. The normalized spacial score (nSPS) is 16.1. The number of hydrogen-bond acceptors (Lipinski definition) is 6. The summed E-state index contributed by atoms with van der Waals surface area (Å²) >= 11 is 0. The first-order valence-electron chi connectivity index (χ1n) is 10.4. The molecule has 8 heteroatoms. The zero-order chi connectivity index (χ0) is 21.9. The summed E-state index contributed by atoms with van der Waals surface area (Å²) in [5.41, 5.74) is 2.47. The molecule has 1 fully saturated rings. The summed E-state index contributed by atoms with van der Waals surface area (Å²) in [5.74, 6) is -2.20. The van der Waals surface area contributed by atoms with Gasteiger partial charge in [-0.15, -0.1) is 0 Å². The Bertz CT molecular complexity index is 688. The molecule has 1 aromatic rings. The highest BCUT2D eigenvalue weighted by atomic mass is 16.5. The van der Waals surface area contributed by atoms with E-state index >= 15 is 0 Å². The minimum absolute atomic E-state index is 0.0331. The summed E-state index contributed by atoms with van der Waals surface area (Å²) in [6, 6.07) is 9.59. The first-order chi connectivity index (χ1) is 14.4. The van der Waals surface area contributed by atoms with E-state index in [1.54, 1.807) is 0 Å². The zero-order valence-corrected chi connectivity index (χ0v) is 17.6. The number of rotatable bonds is 11. The van der Waals surface area contributed by atoms with E-state index in [0.29, 0.717) is 0 Å². The Hall–Kier alpha value is -2.45. The van der Waals surface area contributed by atoms with Crippen molar-refractivity contribution in [2.75, 3.05) is 19.8 Å². The van der Waals surface area contributed by atoms with Crippen LogP contribution in [0.15, 0.2) is 30.3 Å². The predicted octanol–water partition coefficient (Wildman–Crippen LogP) is 2.17. The van der Waals surface area contributed by atoms with Crippen molar-refractivity contribution in [1.29, 1.82) is 0 Å². The van der Waals surface area contributed by atoms with Gasteiger partial charge in [0.2, 0.25) is 5.91 Å². The molecule has 0 aromatic heterocycles. The van der Waals surface area contributed by atoms with Crippen LogP contribution in [0.3, 0.4) is 0 Å². The van der Waals surface area contributed by atoms with Gasteiger partial charge in [0.05, 0.1) is 12.5 Å². The average Bonchev–Trinajstić information content (AvgIpc) is 3.24. The molecular formula is C22H32N2O6. The molecule has 0 heterocycles. The van der Waals surface area contributed by atoms with Gasteiger partial charge in [-0.25, -0.2) is 5.48 Å². The maximum absolute atomic E-state index is 13.0. The molecule has 0 saturated heterocycles. The summed E-state index contributed by atoms with van der Waals surface area (Å²) < 4.78 is 10.8. The molecule has 30 heavy (non-hydrogen) atoms. The Morgan fingerprint density at radius 1 is 1.13 bits per heavy atom. The molecule has 8 nitrogen and oxygen atoms in total. The molecule has 1 aromatic carbocycles. The Morgan fingerprint density at radius 3 is 2.40 bits per heavy atom. The standard InChI is InChI=1S/C22H32N2O6/c1-15(2)21(16-8-4-3-5-9-16)18(13-29-14-19(25)24-28)22(27)23-12-20(26)30-17-10-6-7-11-17/h3-5,8-9,15,17-18,21,28H,6-7,10-14H2,1-2H3,(H,23,27)(H,24,25)/t18-,21?/m0/s1. The largest absolute Gasteiger partial charge is 0.461 e. The molecule has 2 amide bonds. The fraction of sp³-hybridized carbons (Fsp3) is 0.591. The molecule has 0 bridgehead atoms. The smallest absolute Gasteiger partial charge is 0.325 e. The Morgan fingerprint density at radius 2 is 1.80 bits per heavy atom. The lowest BCUT2D eigenvalue weighted by Crippen LogP contribution is -2.42. The first kappa shape index (κ1) is 23.8. The summed E-state index contributed by atoms with van der Waals surface area (Å²) in [6.07, 6.45) is 3.79. The second-order valence-corrected chi connectivity index (χ2v) is 7.95. The van der Waals surface area contributed by atoms with E-state index in [2.05, 4.69) is 5.32 Å². The molecule has 2 rings (SSSR count). The van der Waals surface area contributed by atoms with Crippen LogP contribution in [0, 0.1) is 11.8 Å². The summed E-state index contributed by atoms with van der Waals surface area (Å²) in [4.78, 5) is 36.4. The van der Waals surface area contributed by atoms with Crippen molar-refractivity contribution in [3.05, 3.63) is 35.9 Å². The summed E-state index contributed by atoms with van der Waals surface area (Å²) in [7, 11) is 0. The third-order valence-electron chi connectivity index (χ3n) is 5.34. The number of nitrogens with one attached hydrogen (secondary N) is 2. The molecule has 166 valence electrons. The van der Waals surface area contributed by atoms with E-state index in [1.807, 2.05) is 44.2 Å². The first-order valence-corrected chi connectivity index (χ1v) is 10.4. The van der Waals surface area contributed by atoms with Crippen molar-refractivity contribution in [1.82, 2.24) is 10.8 Å². The number of hydrogen-bond donors (Lipinski definition) is 3. The lowest BCUT2D eigenvalue weighted by molar-refractivity contribution is -0.149. The number of carbonyl (C=O) groups excluding carboxylic acids is 3. The topological polar surface area (TPSA) is 114 Å². The quantitative estimate of drug-likeness (QED) is 0.287. The van der Waals surface area contributed by atoms with E-state index in [9.17, 15) is 14.4 Å². The second kappa shape index (κ2) is 12.3. The Balaban J connectivity index is 2.05. The molecule has 0 radical (unpaired) electrons. The molecule has 1 saturated carbocycles. The lowest BCUT2D eigenvalue weighted by atomic mass is 9.78. The number of esters is 1. The lowest BCUT2D eigenvalue weighted by Gasteiger charge is -2.29. The second-order valence-electron chi connectivity index (χ2n) is 7.95. The highest BCUT2D eigenvalue weighted by Gasteiger charge is 2.33. The van der Waals surface area contributed by atoms with Crippen LogP contribution in [0.5, 0.6) is 0 Å². The maximum atomic E-state index is 13.0. The Kier molecular flexibility index (Phi) is 9.76. The van der Waals surface area contributed by atoms with Gasteiger partial charge in [-0.2, -0.15) is 0 Å². The molecular weight excluding hydrogens is 388 g/mol. The van der Waals surface area contributed by atoms with E-state index in [4.69, 9.17) is 14.7 Å². The van der Waals surface area contributed by atoms with E-state index < -0.39 is 17.8 Å². The third-order valence-corrected chi connectivity index (χ3v) is 5.34. The Labute approximate surface area is 177 Å². The summed E-state index contributed by atoms with van der Waals surface area (Å²) in [5, 5.41) is 11.3. The maximum Gasteiger partial charge on any atom is 0.325 e. The van der Waals surface area contributed by atoms with Crippen LogP contribution >= 0.6 is 0 Å². The molecule has 1 unspecified atom stereocenters. The van der Waals surface area contributed by atoms with Gasteiger partial charge in [-0.05, 0) is 43.1 Å². The minimum atomic E-state index is -0.699. The number of amides is 2. The van der Waals surface area contributed by atoms with Crippen LogP contribution in [0.25, 0.3) is 0 Å².